The molecule has 0 saturated heterocycles. The van der Waals surface area contributed by atoms with Crippen LogP contribution in [0.25, 0.3) is 0 Å². The molecule has 28 heavy (non-hydrogen) atoms. The average Bonchev–Trinajstić information content (AvgIpc) is 3.30. The molecule has 1 aliphatic heterocycles. The van der Waals surface area contributed by atoms with Gasteiger partial charge in [0.2, 0.25) is 11.7 Å². The molecule has 12 heteroatoms. The standard InChI is InChI=1S/C16H21F3N8O/c17-16(18,19)14-22-21-12-9-25(6-7-27(12)14)13(28)8-15(4-2-1-3-5-15)10-26-11-20-23-24-26/h11H,1-10H2. The van der Waals surface area contributed by atoms with Crippen molar-refractivity contribution in [3.8, 4) is 0 Å². The number of tetrazole rings is 1. The SMILES string of the molecule is O=C(CC1(Cn2cnnn2)CCCCC1)N1CCn2c(nnc2C(F)(F)F)C1. The highest BCUT2D eigenvalue weighted by Crippen LogP contribution is 2.41. The largest absolute Gasteiger partial charge is 0.451 e. The number of rotatable bonds is 4. The Kier molecular flexibility index (Phi) is 4.79. The van der Waals surface area contributed by atoms with Crippen LogP contribution in [0.15, 0.2) is 6.33 Å². The summed E-state index contributed by atoms with van der Waals surface area (Å²) in [4.78, 5) is 14.6. The third-order valence-corrected chi connectivity index (χ3v) is 5.69. The lowest BCUT2D eigenvalue weighted by Gasteiger charge is -2.38. The van der Waals surface area contributed by atoms with Crippen molar-refractivity contribution in [3.63, 3.8) is 0 Å². The van der Waals surface area contributed by atoms with Gasteiger partial charge in [0.15, 0.2) is 5.82 Å². The molecule has 1 aliphatic carbocycles. The fourth-order valence-electron chi connectivity index (χ4n) is 4.30. The number of nitrogens with zero attached hydrogens (tertiary/aromatic N) is 8. The molecule has 0 radical (unpaired) electrons. The molecule has 1 saturated carbocycles. The number of carbonyl (C=O) groups excluding carboxylic acids is 1. The summed E-state index contributed by atoms with van der Waals surface area (Å²) in [5, 5.41) is 18.2. The zero-order valence-electron chi connectivity index (χ0n) is 15.3. The van der Waals surface area contributed by atoms with Gasteiger partial charge in [0.05, 0.1) is 13.1 Å². The van der Waals surface area contributed by atoms with Crippen LogP contribution in [-0.4, -0.2) is 52.3 Å². The predicted molar refractivity (Wildman–Crippen MR) is 88.4 cm³/mol. The second kappa shape index (κ2) is 7.13. The van der Waals surface area contributed by atoms with Crippen LogP contribution in [0.1, 0.15) is 50.2 Å². The molecular weight excluding hydrogens is 377 g/mol. The first kappa shape index (κ1) is 18.8. The fraction of sp³-hybridized carbons (Fsp3) is 0.750. The van der Waals surface area contributed by atoms with E-state index in [9.17, 15) is 18.0 Å². The zero-order valence-corrected chi connectivity index (χ0v) is 15.3. The van der Waals surface area contributed by atoms with Crippen LogP contribution >= 0.6 is 0 Å². The van der Waals surface area contributed by atoms with E-state index >= 15 is 0 Å². The van der Waals surface area contributed by atoms with Gasteiger partial charge in [-0.15, -0.1) is 15.3 Å². The Morgan fingerprint density at radius 2 is 1.93 bits per heavy atom. The molecule has 2 aromatic heterocycles. The molecule has 2 aliphatic rings. The van der Waals surface area contributed by atoms with Crippen LogP contribution in [0, 0.1) is 5.41 Å². The molecule has 152 valence electrons. The van der Waals surface area contributed by atoms with Crippen molar-refractivity contribution in [2.45, 2.75) is 64.3 Å². The molecular formula is C16H21F3N8O. The topological polar surface area (TPSA) is 94.6 Å². The highest BCUT2D eigenvalue weighted by Gasteiger charge is 2.41. The molecule has 4 rings (SSSR count). The van der Waals surface area contributed by atoms with E-state index in [0.717, 1.165) is 36.7 Å². The number of aromatic nitrogens is 7. The lowest BCUT2D eigenvalue weighted by molar-refractivity contribution is -0.148. The zero-order chi connectivity index (χ0) is 19.8. The summed E-state index contributed by atoms with van der Waals surface area (Å²) in [6, 6.07) is 0. The number of alkyl halides is 3. The van der Waals surface area contributed by atoms with E-state index < -0.39 is 12.0 Å². The summed E-state index contributed by atoms with van der Waals surface area (Å²) in [6.07, 6.45) is 2.35. The first-order valence-electron chi connectivity index (χ1n) is 9.34. The second-order valence-electron chi connectivity index (χ2n) is 7.65. The van der Waals surface area contributed by atoms with Gasteiger partial charge in [-0.25, -0.2) is 4.68 Å². The lowest BCUT2D eigenvalue weighted by atomic mass is 9.71. The van der Waals surface area contributed by atoms with Gasteiger partial charge in [0.25, 0.3) is 0 Å². The Hall–Kier alpha value is -2.53. The van der Waals surface area contributed by atoms with Gasteiger partial charge in [-0.2, -0.15) is 13.2 Å². The van der Waals surface area contributed by atoms with Gasteiger partial charge < -0.3 is 9.47 Å². The van der Waals surface area contributed by atoms with E-state index in [4.69, 9.17) is 0 Å². The summed E-state index contributed by atoms with van der Waals surface area (Å²) in [6.45, 7) is 0.869. The van der Waals surface area contributed by atoms with E-state index in [-0.39, 0.29) is 36.8 Å². The van der Waals surface area contributed by atoms with Crippen molar-refractivity contribution < 1.29 is 18.0 Å². The molecule has 0 aromatic carbocycles. The minimum Gasteiger partial charge on any atom is -0.333 e. The Labute approximate surface area is 158 Å². The minimum atomic E-state index is -4.55. The van der Waals surface area contributed by atoms with Gasteiger partial charge in [-0.1, -0.05) is 19.3 Å². The van der Waals surface area contributed by atoms with Crippen LogP contribution < -0.4 is 0 Å². The predicted octanol–water partition coefficient (Wildman–Crippen LogP) is 1.67. The molecule has 0 atom stereocenters. The third-order valence-electron chi connectivity index (χ3n) is 5.69. The molecule has 0 spiro atoms. The van der Waals surface area contributed by atoms with Crippen molar-refractivity contribution in [3.05, 3.63) is 18.0 Å². The second-order valence-corrected chi connectivity index (χ2v) is 7.65. The van der Waals surface area contributed by atoms with Crippen molar-refractivity contribution in [2.24, 2.45) is 5.41 Å². The van der Waals surface area contributed by atoms with E-state index in [0.29, 0.717) is 13.0 Å². The molecule has 0 unspecified atom stereocenters. The van der Waals surface area contributed by atoms with Crippen molar-refractivity contribution in [2.75, 3.05) is 6.54 Å². The number of fused-ring (bicyclic) bond motifs is 1. The van der Waals surface area contributed by atoms with Gasteiger partial charge in [-0.3, -0.25) is 4.79 Å². The average molecular weight is 398 g/mol. The maximum absolute atomic E-state index is 13.0. The molecule has 0 bridgehead atoms. The Balaban J connectivity index is 1.47. The molecule has 9 nitrogen and oxygen atoms in total. The van der Waals surface area contributed by atoms with Crippen molar-refractivity contribution >= 4 is 5.91 Å². The lowest BCUT2D eigenvalue weighted by Crippen LogP contribution is -2.43. The van der Waals surface area contributed by atoms with Crippen LogP contribution in [-0.2, 0) is 30.6 Å². The van der Waals surface area contributed by atoms with Gasteiger partial charge in [-0.05, 0) is 28.7 Å². The van der Waals surface area contributed by atoms with Crippen molar-refractivity contribution in [1.29, 1.82) is 0 Å². The highest BCUT2D eigenvalue weighted by molar-refractivity contribution is 5.77. The molecule has 2 aromatic rings. The summed E-state index contributed by atoms with van der Waals surface area (Å²) >= 11 is 0. The summed E-state index contributed by atoms with van der Waals surface area (Å²) in [7, 11) is 0. The Morgan fingerprint density at radius 1 is 1.14 bits per heavy atom. The molecule has 3 heterocycles. The maximum atomic E-state index is 13.0. The number of hydrogen-bond donors (Lipinski definition) is 0. The first-order chi connectivity index (χ1) is 13.4. The Bertz CT molecular complexity index is 826. The highest BCUT2D eigenvalue weighted by atomic mass is 19.4. The minimum absolute atomic E-state index is 0.0445. The Morgan fingerprint density at radius 3 is 2.61 bits per heavy atom. The molecule has 1 fully saturated rings. The number of amides is 1. The smallest absolute Gasteiger partial charge is 0.333 e. The van der Waals surface area contributed by atoms with E-state index in [1.165, 1.54) is 0 Å². The van der Waals surface area contributed by atoms with Crippen molar-refractivity contribution in [1.82, 2.24) is 39.9 Å². The first-order valence-corrected chi connectivity index (χ1v) is 9.34. The third kappa shape index (κ3) is 3.72. The van der Waals surface area contributed by atoms with Gasteiger partial charge in [0.1, 0.15) is 6.33 Å². The van der Waals surface area contributed by atoms with E-state index in [1.807, 2.05) is 0 Å². The maximum Gasteiger partial charge on any atom is 0.451 e. The normalized spacial score (nSPS) is 19.5. The molecule has 1 amide bonds. The number of hydrogen-bond acceptors (Lipinski definition) is 6. The van der Waals surface area contributed by atoms with E-state index in [1.54, 1.807) is 15.9 Å². The number of halogens is 3. The van der Waals surface area contributed by atoms with Gasteiger partial charge in [0, 0.05) is 19.5 Å². The van der Waals surface area contributed by atoms with Crippen LogP contribution in [0.3, 0.4) is 0 Å². The fourth-order valence-corrected chi connectivity index (χ4v) is 4.30. The monoisotopic (exact) mass is 398 g/mol. The van der Waals surface area contributed by atoms with Gasteiger partial charge >= 0.3 is 6.18 Å². The molecule has 0 N–H and O–H groups in total. The summed E-state index contributed by atoms with van der Waals surface area (Å²) in [5.41, 5.74) is -0.229. The quantitative estimate of drug-likeness (QED) is 0.778. The van der Waals surface area contributed by atoms with Crippen LogP contribution in [0.2, 0.25) is 0 Å². The summed E-state index contributed by atoms with van der Waals surface area (Å²) < 4.78 is 41.7. The van der Waals surface area contributed by atoms with Crippen LogP contribution in [0.5, 0.6) is 0 Å². The van der Waals surface area contributed by atoms with E-state index in [2.05, 4.69) is 25.7 Å². The number of carbonyl (C=O) groups is 1. The van der Waals surface area contributed by atoms with Crippen LogP contribution in [0.4, 0.5) is 13.2 Å². The summed E-state index contributed by atoms with van der Waals surface area (Å²) in [5.74, 6) is -0.903.